The van der Waals surface area contributed by atoms with Crippen molar-refractivity contribution in [2.45, 2.75) is 6.92 Å². The molecule has 0 aliphatic heterocycles. The SMILES string of the molecule is Cc1cc(=O)[nH]c(=O)n1O. The molecule has 10 heavy (non-hydrogen) atoms. The van der Waals surface area contributed by atoms with Gasteiger partial charge in [-0.05, 0) is 6.92 Å². The number of hydrogen-bond acceptors (Lipinski definition) is 3. The number of hydrogen-bond donors (Lipinski definition) is 2. The lowest BCUT2D eigenvalue weighted by atomic mass is 10.5. The minimum absolute atomic E-state index is 0.216. The van der Waals surface area contributed by atoms with Crippen LogP contribution in [0.3, 0.4) is 0 Å². The molecule has 0 amide bonds. The molecule has 1 aromatic rings. The standard InChI is InChI=1S/C5H6N2O3/c1-3-2-4(8)6-5(9)7(3)10/h2,10H,1H3,(H,6,8,9). The Balaban J connectivity index is 3.62. The van der Waals surface area contributed by atoms with Crippen LogP contribution < -0.4 is 11.2 Å². The Kier molecular flexibility index (Phi) is 1.33. The van der Waals surface area contributed by atoms with E-state index in [-0.39, 0.29) is 5.69 Å². The summed E-state index contributed by atoms with van der Waals surface area (Å²) < 4.78 is 0.376. The predicted molar refractivity (Wildman–Crippen MR) is 33.2 cm³/mol. The Labute approximate surface area is 55.5 Å². The monoisotopic (exact) mass is 142 g/mol. The molecule has 0 aliphatic carbocycles. The maximum atomic E-state index is 10.5. The fourth-order valence-corrected chi connectivity index (χ4v) is 0.605. The van der Waals surface area contributed by atoms with Gasteiger partial charge < -0.3 is 5.21 Å². The molecule has 1 rings (SSSR count). The first-order valence-electron chi connectivity index (χ1n) is 2.63. The van der Waals surface area contributed by atoms with Crippen LogP contribution in [-0.2, 0) is 0 Å². The molecule has 1 heterocycles. The molecule has 0 fully saturated rings. The van der Waals surface area contributed by atoms with Crippen molar-refractivity contribution < 1.29 is 5.21 Å². The van der Waals surface area contributed by atoms with Crippen LogP contribution in [-0.4, -0.2) is 14.9 Å². The number of H-pyrrole nitrogens is 1. The van der Waals surface area contributed by atoms with E-state index in [2.05, 4.69) is 0 Å². The third-order valence-corrected chi connectivity index (χ3v) is 1.10. The Morgan fingerprint density at radius 3 is 2.70 bits per heavy atom. The zero-order valence-electron chi connectivity index (χ0n) is 5.29. The zero-order chi connectivity index (χ0) is 7.72. The van der Waals surface area contributed by atoms with Crippen molar-refractivity contribution in [1.82, 2.24) is 9.71 Å². The molecule has 5 heteroatoms. The van der Waals surface area contributed by atoms with Crippen LogP contribution in [0.4, 0.5) is 0 Å². The number of aromatic amines is 1. The highest BCUT2D eigenvalue weighted by Crippen LogP contribution is 1.80. The Bertz CT molecular complexity index is 349. The van der Waals surface area contributed by atoms with Gasteiger partial charge >= 0.3 is 5.69 Å². The quantitative estimate of drug-likeness (QED) is 0.460. The van der Waals surface area contributed by atoms with E-state index in [9.17, 15) is 9.59 Å². The molecule has 0 aliphatic rings. The van der Waals surface area contributed by atoms with Gasteiger partial charge in [0.15, 0.2) is 0 Å². The lowest BCUT2D eigenvalue weighted by molar-refractivity contribution is 0.163. The summed E-state index contributed by atoms with van der Waals surface area (Å²) >= 11 is 0. The van der Waals surface area contributed by atoms with Crippen LogP contribution in [0.25, 0.3) is 0 Å². The summed E-state index contributed by atoms with van der Waals surface area (Å²) in [6.07, 6.45) is 0. The van der Waals surface area contributed by atoms with Gasteiger partial charge in [-0.3, -0.25) is 9.78 Å². The third-order valence-electron chi connectivity index (χ3n) is 1.10. The molecule has 0 atom stereocenters. The summed E-state index contributed by atoms with van der Waals surface area (Å²) in [6, 6.07) is 1.13. The largest absolute Gasteiger partial charge is 0.424 e. The predicted octanol–water partition coefficient (Wildman–Crippen LogP) is -0.918. The summed E-state index contributed by atoms with van der Waals surface area (Å²) in [6.45, 7) is 1.46. The number of nitrogens with one attached hydrogen (secondary N) is 1. The summed E-state index contributed by atoms with van der Waals surface area (Å²) in [4.78, 5) is 22.9. The molecule has 0 saturated heterocycles. The topological polar surface area (TPSA) is 75.1 Å². The minimum Gasteiger partial charge on any atom is -0.424 e. The maximum Gasteiger partial charge on any atom is 0.361 e. The zero-order valence-corrected chi connectivity index (χ0v) is 5.29. The van der Waals surface area contributed by atoms with E-state index in [1.54, 1.807) is 0 Å². The van der Waals surface area contributed by atoms with Crippen molar-refractivity contribution in [3.05, 3.63) is 32.6 Å². The number of aromatic nitrogens is 2. The second kappa shape index (κ2) is 2.02. The van der Waals surface area contributed by atoms with Gasteiger partial charge in [0.25, 0.3) is 5.56 Å². The number of nitrogens with zero attached hydrogens (tertiary/aromatic N) is 1. The first-order chi connectivity index (χ1) is 4.61. The van der Waals surface area contributed by atoms with E-state index < -0.39 is 11.2 Å². The molecular formula is C5H6N2O3. The Morgan fingerprint density at radius 2 is 2.20 bits per heavy atom. The highest BCUT2D eigenvalue weighted by Gasteiger charge is 1.96. The molecule has 1 aromatic heterocycles. The van der Waals surface area contributed by atoms with Gasteiger partial charge in [-0.1, -0.05) is 0 Å². The van der Waals surface area contributed by atoms with Crippen molar-refractivity contribution in [3.63, 3.8) is 0 Å². The molecule has 0 radical (unpaired) electrons. The van der Waals surface area contributed by atoms with Gasteiger partial charge in [0.1, 0.15) is 0 Å². The van der Waals surface area contributed by atoms with Crippen molar-refractivity contribution in [1.29, 1.82) is 0 Å². The van der Waals surface area contributed by atoms with Gasteiger partial charge in [-0.15, -0.1) is 4.73 Å². The van der Waals surface area contributed by atoms with E-state index in [0.29, 0.717) is 4.73 Å². The first kappa shape index (κ1) is 6.60. The number of aryl methyl sites for hydroxylation is 1. The highest BCUT2D eigenvalue weighted by molar-refractivity contribution is 4.95. The van der Waals surface area contributed by atoms with Gasteiger partial charge in [0.05, 0.1) is 5.69 Å². The average molecular weight is 142 g/mol. The van der Waals surface area contributed by atoms with Gasteiger partial charge in [0.2, 0.25) is 0 Å². The average Bonchev–Trinajstić information content (AvgIpc) is 1.82. The summed E-state index contributed by atoms with van der Waals surface area (Å²) in [5, 5.41) is 8.76. The summed E-state index contributed by atoms with van der Waals surface area (Å²) in [5.41, 5.74) is -1.11. The second-order valence-corrected chi connectivity index (χ2v) is 1.89. The highest BCUT2D eigenvalue weighted by atomic mass is 16.5. The van der Waals surface area contributed by atoms with Crippen LogP contribution in [0.5, 0.6) is 0 Å². The molecule has 5 nitrogen and oxygen atoms in total. The molecule has 2 N–H and O–H groups in total. The van der Waals surface area contributed by atoms with E-state index in [1.807, 2.05) is 4.98 Å². The van der Waals surface area contributed by atoms with Crippen LogP contribution in [0.15, 0.2) is 15.7 Å². The van der Waals surface area contributed by atoms with Crippen LogP contribution >= 0.6 is 0 Å². The van der Waals surface area contributed by atoms with Gasteiger partial charge in [-0.2, -0.15) is 0 Å². The Hall–Kier alpha value is -1.52. The maximum absolute atomic E-state index is 10.5. The molecule has 0 unspecified atom stereocenters. The van der Waals surface area contributed by atoms with Crippen molar-refractivity contribution in [2.75, 3.05) is 0 Å². The third kappa shape index (κ3) is 0.928. The van der Waals surface area contributed by atoms with Crippen molar-refractivity contribution in [2.24, 2.45) is 0 Å². The van der Waals surface area contributed by atoms with E-state index >= 15 is 0 Å². The Morgan fingerprint density at radius 1 is 1.60 bits per heavy atom. The van der Waals surface area contributed by atoms with Gasteiger partial charge in [-0.25, -0.2) is 4.79 Å². The lowest BCUT2D eigenvalue weighted by Crippen LogP contribution is -2.29. The van der Waals surface area contributed by atoms with Crippen LogP contribution in [0.2, 0.25) is 0 Å². The first-order valence-corrected chi connectivity index (χ1v) is 2.63. The molecule has 54 valence electrons. The molecule has 0 saturated carbocycles. The van der Waals surface area contributed by atoms with E-state index in [1.165, 1.54) is 6.92 Å². The molecular weight excluding hydrogens is 136 g/mol. The normalized spacial score (nSPS) is 9.70. The minimum atomic E-state index is -0.815. The van der Waals surface area contributed by atoms with Gasteiger partial charge in [0, 0.05) is 6.07 Å². The van der Waals surface area contributed by atoms with Crippen LogP contribution in [0, 0.1) is 6.92 Å². The van der Waals surface area contributed by atoms with Crippen molar-refractivity contribution >= 4 is 0 Å². The smallest absolute Gasteiger partial charge is 0.361 e. The van der Waals surface area contributed by atoms with E-state index in [0.717, 1.165) is 6.07 Å². The van der Waals surface area contributed by atoms with E-state index in [4.69, 9.17) is 5.21 Å². The summed E-state index contributed by atoms with van der Waals surface area (Å²) in [5.74, 6) is 0. The number of rotatable bonds is 0. The fourth-order valence-electron chi connectivity index (χ4n) is 0.605. The lowest BCUT2D eigenvalue weighted by Gasteiger charge is -1.96. The van der Waals surface area contributed by atoms with Crippen molar-refractivity contribution in [3.8, 4) is 0 Å². The molecule has 0 bridgehead atoms. The molecule has 0 spiro atoms. The second-order valence-electron chi connectivity index (χ2n) is 1.89. The summed E-state index contributed by atoms with van der Waals surface area (Å²) in [7, 11) is 0. The van der Waals surface area contributed by atoms with Crippen LogP contribution in [0.1, 0.15) is 5.69 Å². The molecule has 0 aromatic carbocycles. The fraction of sp³-hybridized carbons (Fsp3) is 0.200.